The summed E-state index contributed by atoms with van der Waals surface area (Å²) in [5, 5.41) is 20.7. The van der Waals surface area contributed by atoms with E-state index in [1.807, 2.05) is 62.6 Å². The van der Waals surface area contributed by atoms with E-state index < -0.39 is 17.7 Å². The monoisotopic (exact) mass is 633 g/mol. The third kappa shape index (κ3) is 9.24. The molecule has 1 aliphatic heterocycles. The van der Waals surface area contributed by atoms with Crippen molar-refractivity contribution in [1.82, 2.24) is 44.5 Å². The number of amides is 1. The number of halogens is 3. The fourth-order valence-corrected chi connectivity index (χ4v) is 4.21. The molecule has 4 heterocycles. The number of hydrogen-bond acceptors (Lipinski definition) is 11. The van der Waals surface area contributed by atoms with Gasteiger partial charge >= 0.3 is 18.2 Å². The number of H-pyrrole nitrogens is 1. The molecular weight excluding hydrogens is 599 g/mol. The Labute approximate surface area is 255 Å². The van der Waals surface area contributed by atoms with Crippen LogP contribution in [0.4, 0.5) is 35.7 Å². The number of carbonyl (C=O) groups excluding carboxylic acids is 1. The molecule has 4 N–H and O–H groups in total. The maximum Gasteiger partial charge on any atom is 0.490 e. The van der Waals surface area contributed by atoms with Crippen molar-refractivity contribution in [1.29, 1.82) is 0 Å². The Morgan fingerprint density at radius 2 is 1.71 bits per heavy atom. The van der Waals surface area contributed by atoms with Crippen LogP contribution in [-0.4, -0.2) is 113 Å². The Morgan fingerprint density at radius 3 is 2.33 bits per heavy atom. The summed E-state index contributed by atoms with van der Waals surface area (Å²) in [6, 6.07) is 9.63. The van der Waals surface area contributed by atoms with Crippen LogP contribution in [0.25, 0.3) is 17.0 Å². The Balaban J connectivity index is 0.000000591. The van der Waals surface area contributed by atoms with Gasteiger partial charge in [-0.1, -0.05) is 12.1 Å². The summed E-state index contributed by atoms with van der Waals surface area (Å²) >= 11 is 0. The van der Waals surface area contributed by atoms with Gasteiger partial charge in [0, 0.05) is 51.5 Å². The second-order valence-electron chi connectivity index (χ2n) is 10.9. The van der Waals surface area contributed by atoms with Gasteiger partial charge in [0.05, 0.1) is 11.0 Å². The van der Waals surface area contributed by atoms with E-state index >= 15 is 0 Å². The van der Waals surface area contributed by atoms with Gasteiger partial charge < -0.3 is 25.4 Å². The summed E-state index contributed by atoms with van der Waals surface area (Å²) in [6.07, 6.45) is -3.60. The molecule has 0 spiro atoms. The van der Waals surface area contributed by atoms with E-state index in [9.17, 15) is 18.0 Å². The molecular formula is C27H34F3N11O4. The number of nitrogens with one attached hydrogen (secondary N) is 3. The summed E-state index contributed by atoms with van der Waals surface area (Å²) in [7, 11) is 0. The fraction of sp³-hybridized carbons (Fsp3) is 0.444. The van der Waals surface area contributed by atoms with E-state index in [0.717, 1.165) is 30.7 Å². The quantitative estimate of drug-likeness (QED) is 0.233. The first-order valence-corrected chi connectivity index (χ1v) is 13.9. The molecule has 0 radical (unpaired) electrons. The van der Waals surface area contributed by atoms with Crippen molar-refractivity contribution < 1.29 is 32.6 Å². The minimum Gasteiger partial charge on any atom is -0.475 e. The van der Waals surface area contributed by atoms with Crippen LogP contribution >= 0.6 is 0 Å². The highest BCUT2D eigenvalue weighted by Gasteiger charge is 2.38. The highest BCUT2D eigenvalue weighted by Crippen LogP contribution is 2.25. The number of aromatic nitrogens is 7. The predicted octanol–water partition coefficient (Wildman–Crippen LogP) is 3.58. The van der Waals surface area contributed by atoms with E-state index in [0.29, 0.717) is 49.1 Å². The number of ether oxygens (including phenoxy) is 1. The molecule has 1 aromatic carbocycles. The van der Waals surface area contributed by atoms with Crippen molar-refractivity contribution in [3.8, 4) is 5.95 Å². The number of aromatic amines is 1. The molecule has 0 bridgehead atoms. The molecule has 4 aromatic rings. The molecule has 15 nitrogen and oxygen atoms in total. The first kappa shape index (κ1) is 32.9. The molecule has 1 aliphatic rings. The van der Waals surface area contributed by atoms with Crippen molar-refractivity contribution >= 4 is 40.8 Å². The number of aryl methyl sites for hydroxylation is 1. The number of carboxylic acid groups (broad SMARTS) is 1. The van der Waals surface area contributed by atoms with Crippen molar-refractivity contribution in [2.75, 3.05) is 49.9 Å². The third-order valence-corrected chi connectivity index (χ3v) is 6.21. The summed E-state index contributed by atoms with van der Waals surface area (Å²) in [4.78, 5) is 43.8. The first-order valence-electron chi connectivity index (χ1n) is 13.9. The number of rotatable bonds is 7. The van der Waals surface area contributed by atoms with Gasteiger partial charge in [-0.15, -0.1) is 0 Å². The molecule has 45 heavy (non-hydrogen) atoms. The molecule has 242 valence electrons. The number of imidazole rings is 1. The maximum absolute atomic E-state index is 12.3. The highest BCUT2D eigenvalue weighted by atomic mass is 19.4. The summed E-state index contributed by atoms with van der Waals surface area (Å²) in [6.45, 7) is 11.8. The van der Waals surface area contributed by atoms with Crippen LogP contribution in [0.15, 0.2) is 36.5 Å². The zero-order chi connectivity index (χ0) is 32.8. The Hall–Kier alpha value is -5.00. The van der Waals surface area contributed by atoms with Gasteiger partial charge in [0.15, 0.2) is 5.82 Å². The van der Waals surface area contributed by atoms with Crippen LogP contribution in [0.3, 0.4) is 0 Å². The number of anilines is 3. The van der Waals surface area contributed by atoms with Crippen LogP contribution in [0.1, 0.15) is 26.6 Å². The Bertz CT molecular complexity index is 1600. The maximum atomic E-state index is 12.3. The number of fused-ring (bicyclic) bond motifs is 1. The SMILES string of the molecule is Cc1nc(NCCN2CCN(C(=O)OC(C)(C)C)CC2)nc(-n2c(Nc3cc[nH]n3)nc3ccccc32)n1.O=C(O)C(F)(F)F. The van der Waals surface area contributed by atoms with Crippen molar-refractivity contribution in [3.63, 3.8) is 0 Å². The Kier molecular flexibility index (Phi) is 10.1. The van der Waals surface area contributed by atoms with E-state index in [-0.39, 0.29) is 6.09 Å². The second kappa shape index (κ2) is 13.7. The number of piperazine rings is 1. The highest BCUT2D eigenvalue weighted by molar-refractivity contribution is 5.81. The molecule has 3 aromatic heterocycles. The van der Waals surface area contributed by atoms with Crippen LogP contribution in [0.5, 0.6) is 0 Å². The topological polar surface area (TPSA) is 179 Å². The predicted molar refractivity (Wildman–Crippen MR) is 157 cm³/mol. The third-order valence-electron chi connectivity index (χ3n) is 6.21. The lowest BCUT2D eigenvalue weighted by atomic mass is 10.2. The van der Waals surface area contributed by atoms with Gasteiger partial charge in [0.1, 0.15) is 11.4 Å². The largest absolute Gasteiger partial charge is 0.490 e. The molecule has 5 rings (SSSR count). The zero-order valence-electron chi connectivity index (χ0n) is 25.1. The lowest BCUT2D eigenvalue weighted by molar-refractivity contribution is -0.192. The van der Waals surface area contributed by atoms with Crippen LogP contribution in [0.2, 0.25) is 0 Å². The molecule has 1 fully saturated rings. The molecule has 0 aliphatic carbocycles. The minimum atomic E-state index is -5.08. The van der Waals surface area contributed by atoms with Gasteiger partial charge in [-0.25, -0.2) is 19.1 Å². The molecule has 1 saturated heterocycles. The number of aliphatic carboxylic acids is 1. The normalized spacial score (nSPS) is 14.1. The number of carboxylic acids is 1. The van der Waals surface area contributed by atoms with E-state index in [4.69, 9.17) is 24.6 Å². The number of para-hydroxylation sites is 2. The number of benzene rings is 1. The standard InChI is InChI=1S/C25H33N11O2.C2HF3O2/c1-17-28-21(26-11-12-34-13-15-35(16-14-34)24(37)38-25(2,3)4)32-22(29-17)36-19-8-6-5-7-18(19)30-23(36)31-20-9-10-27-33-20;3-2(4,5)1(6)7/h5-10H,11-16H2,1-4H3,(H,26,28,29,32)(H2,27,30,31,33);(H,6,7). The number of alkyl halides is 3. The summed E-state index contributed by atoms with van der Waals surface area (Å²) in [5.41, 5.74) is 1.19. The van der Waals surface area contributed by atoms with Crippen LogP contribution < -0.4 is 10.6 Å². The van der Waals surface area contributed by atoms with Gasteiger partial charge in [0.25, 0.3) is 0 Å². The van der Waals surface area contributed by atoms with E-state index in [2.05, 4.69) is 35.7 Å². The fourth-order valence-electron chi connectivity index (χ4n) is 4.21. The minimum absolute atomic E-state index is 0.253. The van der Waals surface area contributed by atoms with E-state index in [1.54, 1.807) is 11.1 Å². The van der Waals surface area contributed by atoms with Crippen LogP contribution in [-0.2, 0) is 9.53 Å². The molecule has 0 saturated carbocycles. The van der Waals surface area contributed by atoms with Crippen LogP contribution in [0, 0.1) is 6.92 Å². The number of carbonyl (C=O) groups is 2. The van der Waals surface area contributed by atoms with Gasteiger partial charge in [0.2, 0.25) is 17.8 Å². The molecule has 0 atom stereocenters. The average Bonchev–Trinajstić information content (AvgIpc) is 3.59. The van der Waals surface area contributed by atoms with Gasteiger partial charge in [-0.3, -0.25) is 10.00 Å². The smallest absolute Gasteiger partial charge is 0.475 e. The number of nitrogens with zero attached hydrogens (tertiary/aromatic N) is 8. The first-order chi connectivity index (χ1) is 21.2. The summed E-state index contributed by atoms with van der Waals surface area (Å²) < 4.78 is 39.1. The number of hydrogen-bond donors (Lipinski definition) is 4. The average molecular weight is 634 g/mol. The molecule has 18 heteroatoms. The van der Waals surface area contributed by atoms with Gasteiger partial charge in [-0.2, -0.15) is 33.2 Å². The van der Waals surface area contributed by atoms with Crippen molar-refractivity contribution in [2.24, 2.45) is 0 Å². The van der Waals surface area contributed by atoms with Gasteiger partial charge in [-0.05, 0) is 39.8 Å². The summed E-state index contributed by atoms with van der Waals surface area (Å²) in [5.74, 6) is -0.0317. The zero-order valence-corrected chi connectivity index (χ0v) is 25.1. The van der Waals surface area contributed by atoms with E-state index in [1.165, 1.54) is 0 Å². The lowest BCUT2D eigenvalue weighted by Gasteiger charge is -2.35. The van der Waals surface area contributed by atoms with Crippen molar-refractivity contribution in [3.05, 3.63) is 42.4 Å². The molecule has 0 unspecified atom stereocenters. The second-order valence-corrected chi connectivity index (χ2v) is 10.9. The van der Waals surface area contributed by atoms with Crippen molar-refractivity contribution in [2.45, 2.75) is 39.5 Å². The lowest BCUT2D eigenvalue weighted by Crippen LogP contribution is -2.50. The Morgan fingerprint density at radius 1 is 1.02 bits per heavy atom. The molecule has 1 amide bonds.